The highest BCUT2D eigenvalue weighted by molar-refractivity contribution is 5.85. The summed E-state index contributed by atoms with van der Waals surface area (Å²) in [5.74, 6) is -1.05. The maximum atomic E-state index is 10.5. The maximum Gasteiger partial charge on any atom is 0.357 e. The Labute approximate surface area is 114 Å². The predicted molar refractivity (Wildman–Crippen MR) is 72.0 cm³/mol. The van der Waals surface area contributed by atoms with E-state index in [9.17, 15) is 9.59 Å². The lowest BCUT2D eigenvalue weighted by molar-refractivity contribution is 0.0690. The lowest BCUT2D eigenvalue weighted by Crippen LogP contribution is -2.18. The molecule has 0 saturated carbocycles. The average molecular weight is 277 g/mol. The first-order chi connectivity index (χ1) is 9.66. The normalized spacial score (nSPS) is 13.7. The van der Waals surface area contributed by atoms with Crippen LogP contribution in [0.4, 0.5) is 6.01 Å². The van der Waals surface area contributed by atoms with Crippen LogP contribution in [0.1, 0.15) is 23.3 Å². The standard InChI is InChI=1S/C8H10N2O3.C5H5NO/c11-7(12)6-5-13-8(9-6)10-3-1-2-4-10;7-5-3-1-2-4-6-5/h5H,1-4H2,(H,11,12);1-4H,(H,6,7). The molecule has 0 atom stereocenters. The van der Waals surface area contributed by atoms with Crippen molar-refractivity contribution >= 4 is 12.0 Å². The van der Waals surface area contributed by atoms with Crippen LogP contribution in [0.15, 0.2) is 39.9 Å². The largest absolute Gasteiger partial charge is 0.476 e. The summed E-state index contributed by atoms with van der Waals surface area (Å²) in [4.78, 5) is 29.0. The first-order valence-electron chi connectivity index (χ1n) is 6.24. The third-order valence-electron chi connectivity index (χ3n) is 2.77. The van der Waals surface area contributed by atoms with Gasteiger partial charge in [-0.1, -0.05) is 6.07 Å². The van der Waals surface area contributed by atoms with Crippen LogP contribution < -0.4 is 10.5 Å². The summed E-state index contributed by atoms with van der Waals surface area (Å²) in [5.41, 5.74) is -0.0793. The first-order valence-corrected chi connectivity index (χ1v) is 6.24. The van der Waals surface area contributed by atoms with Gasteiger partial charge < -0.3 is 19.4 Å². The summed E-state index contributed by atoms with van der Waals surface area (Å²) in [6.07, 6.45) is 5.01. The molecule has 1 saturated heterocycles. The van der Waals surface area contributed by atoms with Gasteiger partial charge in [0, 0.05) is 25.4 Å². The number of oxazole rings is 1. The molecule has 3 heterocycles. The molecule has 0 spiro atoms. The minimum Gasteiger partial charge on any atom is -0.476 e. The summed E-state index contributed by atoms with van der Waals surface area (Å²) in [6, 6.07) is 5.36. The van der Waals surface area contributed by atoms with Crippen LogP contribution in [0.25, 0.3) is 0 Å². The molecule has 20 heavy (non-hydrogen) atoms. The number of pyridine rings is 1. The van der Waals surface area contributed by atoms with Crippen LogP contribution in [0.2, 0.25) is 0 Å². The van der Waals surface area contributed by atoms with E-state index in [1.807, 2.05) is 4.90 Å². The van der Waals surface area contributed by atoms with Gasteiger partial charge in [0.2, 0.25) is 5.56 Å². The van der Waals surface area contributed by atoms with Crippen LogP contribution in [0.5, 0.6) is 0 Å². The number of aromatic amines is 1. The van der Waals surface area contributed by atoms with Crippen molar-refractivity contribution in [2.24, 2.45) is 0 Å². The van der Waals surface area contributed by atoms with E-state index in [-0.39, 0.29) is 11.3 Å². The van der Waals surface area contributed by atoms with Crippen LogP contribution in [-0.4, -0.2) is 34.1 Å². The summed E-state index contributed by atoms with van der Waals surface area (Å²) < 4.78 is 5.04. The van der Waals surface area contributed by atoms with Crippen molar-refractivity contribution < 1.29 is 14.3 Å². The topological polar surface area (TPSA) is 99.4 Å². The SMILES string of the molecule is O=C(O)c1coc(N2CCCC2)n1.O=c1cccc[nH]1. The number of carboxylic acid groups (broad SMARTS) is 1. The predicted octanol–water partition coefficient (Wildman–Crippen LogP) is 1.35. The van der Waals surface area contributed by atoms with Gasteiger partial charge in [0.15, 0.2) is 5.69 Å². The van der Waals surface area contributed by atoms with Gasteiger partial charge >= 0.3 is 5.97 Å². The molecule has 1 aliphatic heterocycles. The van der Waals surface area contributed by atoms with Crippen molar-refractivity contribution in [2.45, 2.75) is 12.8 Å². The molecular formula is C13H15N3O4. The lowest BCUT2D eigenvalue weighted by Gasteiger charge is -2.10. The number of carboxylic acids is 1. The number of rotatable bonds is 2. The molecule has 0 unspecified atom stereocenters. The Kier molecular flexibility index (Phi) is 4.54. The summed E-state index contributed by atoms with van der Waals surface area (Å²) >= 11 is 0. The van der Waals surface area contributed by atoms with E-state index < -0.39 is 5.97 Å². The van der Waals surface area contributed by atoms with Gasteiger partial charge in [-0.2, -0.15) is 4.98 Å². The third-order valence-corrected chi connectivity index (χ3v) is 2.77. The first kappa shape index (κ1) is 13.9. The zero-order valence-corrected chi connectivity index (χ0v) is 10.8. The average Bonchev–Trinajstić information content (AvgIpc) is 3.11. The Morgan fingerprint density at radius 2 is 2.10 bits per heavy atom. The van der Waals surface area contributed by atoms with Crippen LogP contribution in [-0.2, 0) is 0 Å². The molecule has 2 aromatic rings. The van der Waals surface area contributed by atoms with Gasteiger partial charge in [0.25, 0.3) is 6.01 Å². The number of hydrogen-bond donors (Lipinski definition) is 2. The number of aromatic nitrogens is 2. The van der Waals surface area contributed by atoms with Gasteiger partial charge in [-0.25, -0.2) is 4.79 Å². The highest BCUT2D eigenvalue weighted by Gasteiger charge is 2.18. The molecular weight excluding hydrogens is 262 g/mol. The molecule has 7 heteroatoms. The molecule has 2 aromatic heterocycles. The second-order valence-electron chi connectivity index (χ2n) is 4.24. The highest BCUT2D eigenvalue weighted by Crippen LogP contribution is 2.18. The van der Waals surface area contributed by atoms with E-state index in [1.165, 1.54) is 12.3 Å². The van der Waals surface area contributed by atoms with Crippen molar-refractivity contribution in [1.29, 1.82) is 0 Å². The molecule has 1 aliphatic rings. The molecule has 2 N–H and O–H groups in total. The fourth-order valence-corrected chi connectivity index (χ4v) is 1.79. The van der Waals surface area contributed by atoms with Crippen LogP contribution in [0.3, 0.4) is 0 Å². The Morgan fingerprint density at radius 3 is 2.55 bits per heavy atom. The van der Waals surface area contributed by atoms with E-state index in [0.29, 0.717) is 6.01 Å². The molecule has 1 fully saturated rings. The minimum absolute atomic E-state index is 0.0260. The van der Waals surface area contributed by atoms with Gasteiger partial charge in [0.1, 0.15) is 6.26 Å². The van der Waals surface area contributed by atoms with E-state index in [0.717, 1.165) is 25.9 Å². The molecule has 7 nitrogen and oxygen atoms in total. The summed E-state index contributed by atoms with van der Waals surface area (Å²) in [6.45, 7) is 1.80. The van der Waals surface area contributed by atoms with Gasteiger partial charge in [-0.15, -0.1) is 0 Å². The fraction of sp³-hybridized carbons (Fsp3) is 0.308. The zero-order valence-electron chi connectivity index (χ0n) is 10.8. The Balaban J connectivity index is 0.000000178. The van der Waals surface area contributed by atoms with E-state index in [2.05, 4.69) is 9.97 Å². The number of aromatic carboxylic acids is 1. The van der Waals surface area contributed by atoms with Crippen molar-refractivity contribution in [3.63, 3.8) is 0 Å². The van der Waals surface area contributed by atoms with E-state index in [4.69, 9.17) is 9.52 Å². The molecule has 0 aromatic carbocycles. The van der Waals surface area contributed by atoms with Gasteiger partial charge in [-0.05, 0) is 18.9 Å². The fourth-order valence-electron chi connectivity index (χ4n) is 1.79. The van der Waals surface area contributed by atoms with Crippen molar-refractivity contribution in [1.82, 2.24) is 9.97 Å². The number of carbonyl (C=O) groups is 1. The Bertz CT molecular complexity index is 596. The zero-order chi connectivity index (χ0) is 14.4. The number of hydrogen-bond acceptors (Lipinski definition) is 5. The second kappa shape index (κ2) is 6.55. The van der Waals surface area contributed by atoms with Crippen molar-refractivity contribution in [3.05, 3.63) is 46.7 Å². The lowest BCUT2D eigenvalue weighted by atomic mass is 10.4. The molecule has 0 amide bonds. The van der Waals surface area contributed by atoms with E-state index >= 15 is 0 Å². The maximum absolute atomic E-state index is 10.5. The minimum atomic E-state index is -1.05. The van der Waals surface area contributed by atoms with Gasteiger partial charge in [-0.3, -0.25) is 4.79 Å². The van der Waals surface area contributed by atoms with Gasteiger partial charge in [0.05, 0.1) is 0 Å². The Hall–Kier alpha value is -2.57. The third kappa shape index (κ3) is 3.71. The van der Waals surface area contributed by atoms with Crippen molar-refractivity contribution in [2.75, 3.05) is 18.0 Å². The number of nitrogens with one attached hydrogen (secondary N) is 1. The number of anilines is 1. The van der Waals surface area contributed by atoms with Crippen LogP contribution >= 0.6 is 0 Å². The Morgan fingerprint density at radius 1 is 1.35 bits per heavy atom. The summed E-state index contributed by atoms with van der Waals surface area (Å²) in [5, 5.41) is 8.60. The summed E-state index contributed by atoms with van der Waals surface area (Å²) in [7, 11) is 0. The monoisotopic (exact) mass is 277 g/mol. The second-order valence-corrected chi connectivity index (χ2v) is 4.24. The van der Waals surface area contributed by atoms with E-state index in [1.54, 1.807) is 18.3 Å². The number of nitrogens with zero attached hydrogens (tertiary/aromatic N) is 2. The molecule has 3 rings (SSSR count). The van der Waals surface area contributed by atoms with Crippen molar-refractivity contribution in [3.8, 4) is 0 Å². The molecule has 106 valence electrons. The molecule has 0 aliphatic carbocycles. The smallest absolute Gasteiger partial charge is 0.357 e. The highest BCUT2D eigenvalue weighted by atomic mass is 16.4. The molecule has 0 bridgehead atoms. The molecule has 0 radical (unpaired) electrons. The quantitative estimate of drug-likeness (QED) is 0.859. The van der Waals surface area contributed by atoms with Crippen LogP contribution in [0, 0.1) is 0 Å². The number of H-pyrrole nitrogens is 1.